The zero-order valence-electron chi connectivity index (χ0n) is 14.4. The Morgan fingerprint density at radius 3 is 2.32 bits per heavy atom. The Morgan fingerprint density at radius 2 is 1.68 bits per heavy atom. The SMILES string of the molecule is CCc1ccc(N2CCN(C3CCCCC3)CC2)nc1CC. The highest BCUT2D eigenvalue weighted by atomic mass is 15.3. The van der Waals surface area contributed by atoms with Gasteiger partial charge in [-0.05, 0) is 37.3 Å². The van der Waals surface area contributed by atoms with Crippen LogP contribution in [0.25, 0.3) is 0 Å². The standard InChI is InChI=1S/C19H31N3/c1-3-16-10-11-19(20-18(16)4-2)22-14-12-21(13-15-22)17-8-6-5-7-9-17/h10-11,17H,3-9,12-15H2,1-2H3. The van der Waals surface area contributed by atoms with Crippen molar-refractivity contribution in [2.75, 3.05) is 31.1 Å². The van der Waals surface area contributed by atoms with Crippen molar-refractivity contribution in [1.29, 1.82) is 0 Å². The quantitative estimate of drug-likeness (QED) is 0.846. The summed E-state index contributed by atoms with van der Waals surface area (Å²) in [5, 5.41) is 0. The van der Waals surface area contributed by atoms with Crippen molar-refractivity contribution < 1.29 is 0 Å². The van der Waals surface area contributed by atoms with E-state index >= 15 is 0 Å². The molecule has 0 atom stereocenters. The summed E-state index contributed by atoms with van der Waals surface area (Å²) >= 11 is 0. The van der Waals surface area contributed by atoms with Crippen molar-refractivity contribution in [3.63, 3.8) is 0 Å². The van der Waals surface area contributed by atoms with Gasteiger partial charge in [-0.25, -0.2) is 4.98 Å². The van der Waals surface area contributed by atoms with Gasteiger partial charge in [0.15, 0.2) is 0 Å². The number of hydrogen-bond donors (Lipinski definition) is 0. The topological polar surface area (TPSA) is 19.4 Å². The molecule has 1 aromatic rings. The third kappa shape index (κ3) is 3.45. The van der Waals surface area contributed by atoms with Crippen molar-refractivity contribution in [3.8, 4) is 0 Å². The summed E-state index contributed by atoms with van der Waals surface area (Å²) in [6, 6.07) is 5.38. The predicted octanol–water partition coefficient (Wildman–Crippen LogP) is 3.66. The fourth-order valence-electron chi connectivity index (χ4n) is 4.09. The molecule has 2 fully saturated rings. The molecular weight excluding hydrogens is 270 g/mol. The fraction of sp³-hybridized carbons (Fsp3) is 0.737. The summed E-state index contributed by atoms with van der Waals surface area (Å²) in [5.74, 6) is 1.19. The maximum Gasteiger partial charge on any atom is 0.128 e. The number of anilines is 1. The molecule has 2 aliphatic rings. The van der Waals surface area contributed by atoms with Crippen LogP contribution in [-0.2, 0) is 12.8 Å². The number of nitrogens with zero attached hydrogens (tertiary/aromatic N) is 3. The van der Waals surface area contributed by atoms with Gasteiger partial charge in [-0.2, -0.15) is 0 Å². The molecule has 3 heteroatoms. The molecular formula is C19H31N3. The molecule has 3 rings (SSSR count). The van der Waals surface area contributed by atoms with Crippen molar-refractivity contribution in [2.24, 2.45) is 0 Å². The van der Waals surface area contributed by atoms with Gasteiger partial charge in [-0.3, -0.25) is 4.90 Å². The minimum Gasteiger partial charge on any atom is -0.354 e. The predicted molar refractivity (Wildman–Crippen MR) is 93.7 cm³/mol. The summed E-state index contributed by atoms with van der Waals surface area (Å²) in [6.07, 6.45) is 9.29. The Labute approximate surface area is 135 Å². The second kappa shape index (κ2) is 7.45. The van der Waals surface area contributed by atoms with Crippen LogP contribution < -0.4 is 4.90 Å². The normalized spacial score (nSPS) is 21.3. The lowest BCUT2D eigenvalue weighted by Crippen LogP contribution is -2.51. The summed E-state index contributed by atoms with van der Waals surface area (Å²) in [6.45, 7) is 9.13. The van der Waals surface area contributed by atoms with E-state index in [-0.39, 0.29) is 0 Å². The first-order chi connectivity index (χ1) is 10.8. The van der Waals surface area contributed by atoms with Crippen LogP contribution in [0.4, 0.5) is 5.82 Å². The van der Waals surface area contributed by atoms with E-state index < -0.39 is 0 Å². The number of aromatic nitrogens is 1. The summed E-state index contributed by atoms with van der Waals surface area (Å²) < 4.78 is 0. The molecule has 0 amide bonds. The van der Waals surface area contributed by atoms with Gasteiger partial charge in [0.05, 0.1) is 0 Å². The van der Waals surface area contributed by atoms with E-state index in [1.54, 1.807) is 0 Å². The average molecular weight is 301 g/mol. The molecule has 0 radical (unpaired) electrons. The highest BCUT2D eigenvalue weighted by Gasteiger charge is 2.25. The van der Waals surface area contributed by atoms with Gasteiger partial charge in [-0.1, -0.05) is 39.2 Å². The lowest BCUT2D eigenvalue weighted by Gasteiger charge is -2.41. The van der Waals surface area contributed by atoms with Gasteiger partial charge >= 0.3 is 0 Å². The van der Waals surface area contributed by atoms with E-state index in [2.05, 4.69) is 35.8 Å². The maximum atomic E-state index is 4.93. The molecule has 122 valence electrons. The number of hydrogen-bond acceptors (Lipinski definition) is 3. The zero-order chi connectivity index (χ0) is 15.4. The van der Waals surface area contributed by atoms with Crippen molar-refractivity contribution in [1.82, 2.24) is 9.88 Å². The zero-order valence-corrected chi connectivity index (χ0v) is 14.4. The van der Waals surface area contributed by atoms with Gasteiger partial charge in [0.1, 0.15) is 5.82 Å². The van der Waals surface area contributed by atoms with Crippen LogP contribution in [0.5, 0.6) is 0 Å². The van der Waals surface area contributed by atoms with E-state index in [1.807, 2.05) is 0 Å². The number of pyridine rings is 1. The Morgan fingerprint density at radius 1 is 0.955 bits per heavy atom. The van der Waals surface area contributed by atoms with Crippen molar-refractivity contribution in [2.45, 2.75) is 64.8 Å². The Hall–Kier alpha value is -1.09. The second-order valence-electron chi connectivity index (χ2n) is 6.80. The maximum absolute atomic E-state index is 4.93. The molecule has 22 heavy (non-hydrogen) atoms. The Balaban J connectivity index is 1.61. The molecule has 2 heterocycles. The summed E-state index contributed by atoms with van der Waals surface area (Å²) in [7, 11) is 0. The summed E-state index contributed by atoms with van der Waals surface area (Å²) in [4.78, 5) is 10.1. The van der Waals surface area contributed by atoms with Crippen LogP contribution >= 0.6 is 0 Å². The van der Waals surface area contributed by atoms with Crippen LogP contribution in [-0.4, -0.2) is 42.1 Å². The fourth-order valence-corrected chi connectivity index (χ4v) is 4.09. The first-order valence-electron chi connectivity index (χ1n) is 9.29. The molecule has 0 bridgehead atoms. The van der Waals surface area contributed by atoms with Gasteiger partial charge in [0.2, 0.25) is 0 Å². The van der Waals surface area contributed by atoms with Crippen molar-refractivity contribution in [3.05, 3.63) is 23.4 Å². The molecule has 1 aliphatic carbocycles. The number of aryl methyl sites for hydroxylation is 2. The number of rotatable bonds is 4. The highest BCUT2D eigenvalue weighted by molar-refractivity contribution is 5.42. The van der Waals surface area contributed by atoms with Crippen LogP contribution in [0.1, 0.15) is 57.2 Å². The van der Waals surface area contributed by atoms with Crippen LogP contribution in [0.2, 0.25) is 0 Å². The van der Waals surface area contributed by atoms with E-state index in [0.29, 0.717) is 0 Å². The first kappa shape index (κ1) is 15.8. The summed E-state index contributed by atoms with van der Waals surface area (Å²) in [5.41, 5.74) is 2.70. The molecule has 0 spiro atoms. The second-order valence-corrected chi connectivity index (χ2v) is 6.80. The smallest absolute Gasteiger partial charge is 0.128 e. The van der Waals surface area contributed by atoms with Gasteiger partial charge in [0, 0.05) is 37.9 Å². The van der Waals surface area contributed by atoms with Crippen LogP contribution in [0, 0.1) is 0 Å². The largest absolute Gasteiger partial charge is 0.354 e. The Kier molecular flexibility index (Phi) is 5.35. The van der Waals surface area contributed by atoms with Crippen molar-refractivity contribution >= 4 is 5.82 Å². The molecule has 0 aromatic carbocycles. The number of piperazine rings is 1. The van der Waals surface area contributed by atoms with E-state index in [1.165, 1.54) is 62.3 Å². The third-order valence-electron chi connectivity index (χ3n) is 5.50. The molecule has 0 unspecified atom stereocenters. The molecule has 1 aliphatic heterocycles. The molecule has 1 saturated carbocycles. The average Bonchev–Trinajstić information content (AvgIpc) is 2.62. The van der Waals surface area contributed by atoms with Crippen LogP contribution in [0.3, 0.4) is 0 Å². The van der Waals surface area contributed by atoms with E-state index in [9.17, 15) is 0 Å². The minimum atomic E-state index is 0.859. The monoisotopic (exact) mass is 301 g/mol. The highest BCUT2D eigenvalue weighted by Crippen LogP contribution is 2.25. The minimum absolute atomic E-state index is 0.859. The van der Waals surface area contributed by atoms with Gasteiger partial charge in [-0.15, -0.1) is 0 Å². The van der Waals surface area contributed by atoms with Crippen LogP contribution in [0.15, 0.2) is 12.1 Å². The van der Waals surface area contributed by atoms with Gasteiger partial charge < -0.3 is 4.90 Å². The molecule has 0 N–H and O–H groups in total. The lowest BCUT2D eigenvalue weighted by molar-refractivity contribution is 0.147. The first-order valence-corrected chi connectivity index (χ1v) is 9.29. The lowest BCUT2D eigenvalue weighted by atomic mass is 9.94. The molecule has 1 aromatic heterocycles. The van der Waals surface area contributed by atoms with Gasteiger partial charge in [0.25, 0.3) is 0 Å². The third-order valence-corrected chi connectivity index (χ3v) is 5.50. The van der Waals surface area contributed by atoms with E-state index in [0.717, 1.165) is 32.0 Å². The molecule has 1 saturated heterocycles. The van der Waals surface area contributed by atoms with E-state index in [4.69, 9.17) is 4.98 Å². The Bertz CT molecular complexity index is 472. The molecule has 3 nitrogen and oxygen atoms in total.